The molecule has 1 saturated heterocycles. The summed E-state index contributed by atoms with van der Waals surface area (Å²) in [4.78, 5) is 11.9. The molecule has 3 aromatic rings. The smallest absolute Gasteiger partial charge is 1.00 e. The molecule has 0 aliphatic carbocycles. The molecule has 1 atom stereocenters. The maximum Gasteiger partial charge on any atom is 1.00 e. The second kappa shape index (κ2) is 9.96. The van der Waals surface area contributed by atoms with Crippen molar-refractivity contribution >= 4 is 21.8 Å². The molecule has 3 heterocycles. The Kier molecular flexibility index (Phi) is 7.62. The van der Waals surface area contributed by atoms with E-state index >= 15 is 0 Å². The minimum Gasteiger partial charge on any atom is -1.00 e. The van der Waals surface area contributed by atoms with E-state index in [1.165, 1.54) is 0 Å². The van der Waals surface area contributed by atoms with E-state index in [9.17, 15) is 4.21 Å². The summed E-state index contributed by atoms with van der Waals surface area (Å²) in [5.41, 5.74) is 3.25. The summed E-state index contributed by atoms with van der Waals surface area (Å²) in [5.74, 6) is 0.957. The van der Waals surface area contributed by atoms with E-state index in [2.05, 4.69) is 15.0 Å². The maximum atomic E-state index is 12.7. The van der Waals surface area contributed by atoms with Crippen LogP contribution in [0.25, 0.3) is 11.0 Å². The molecule has 1 N–H and O–H groups in total. The van der Waals surface area contributed by atoms with Crippen LogP contribution in [0.2, 0.25) is 0 Å². The van der Waals surface area contributed by atoms with E-state index < -0.39 is 10.8 Å². The largest absolute Gasteiger partial charge is 1.00 e. The van der Waals surface area contributed by atoms with Crippen molar-refractivity contribution < 1.29 is 49.4 Å². The van der Waals surface area contributed by atoms with Gasteiger partial charge in [0.1, 0.15) is 12.4 Å². The molecular formula is C19H22N3NaO4S. The van der Waals surface area contributed by atoms with Gasteiger partial charge in [0.05, 0.1) is 46.5 Å². The summed E-state index contributed by atoms with van der Waals surface area (Å²) in [5, 5.41) is 0.452. The van der Waals surface area contributed by atoms with Gasteiger partial charge in [-0.25, -0.2) is 4.98 Å². The summed E-state index contributed by atoms with van der Waals surface area (Å²) in [6, 6.07) is 9.42. The Hall–Kier alpha value is -1.29. The number of fused-ring (bicyclic) bond motifs is 1. The van der Waals surface area contributed by atoms with E-state index in [1.807, 2.05) is 31.2 Å². The van der Waals surface area contributed by atoms with Crippen molar-refractivity contribution in [1.29, 1.82) is 0 Å². The number of nitrogens with one attached hydrogen (secondary N) is 1. The molecule has 144 valence electrons. The zero-order valence-electron chi connectivity index (χ0n) is 17.0. The predicted octanol–water partition coefficient (Wildman–Crippen LogP) is -0.168. The predicted molar refractivity (Wildman–Crippen MR) is 102 cm³/mol. The van der Waals surface area contributed by atoms with Gasteiger partial charge in [-0.05, 0) is 31.5 Å². The van der Waals surface area contributed by atoms with Crippen LogP contribution in [-0.2, 0) is 26.0 Å². The van der Waals surface area contributed by atoms with Gasteiger partial charge in [0.15, 0.2) is 11.4 Å². The van der Waals surface area contributed by atoms with Gasteiger partial charge < -0.3 is 20.6 Å². The third-order valence-corrected chi connectivity index (χ3v) is 5.54. The van der Waals surface area contributed by atoms with Crippen LogP contribution in [0.15, 0.2) is 41.7 Å². The number of para-hydroxylation sites is 2. The van der Waals surface area contributed by atoms with Gasteiger partial charge >= 0.3 is 29.6 Å². The van der Waals surface area contributed by atoms with Crippen molar-refractivity contribution in [2.75, 3.05) is 19.8 Å². The third-order valence-electron chi connectivity index (χ3n) is 4.38. The molecule has 1 aliphatic rings. The number of pyridine rings is 1. The maximum absolute atomic E-state index is 12.7. The number of hydrogen-bond donors (Lipinski definition) is 1. The van der Waals surface area contributed by atoms with Crippen LogP contribution in [0.4, 0.5) is 0 Å². The van der Waals surface area contributed by atoms with Crippen molar-refractivity contribution in [1.82, 2.24) is 15.0 Å². The van der Waals surface area contributed by atoms with Crippen LogP contribution in [0.1, 0.15) is 19.1 Å². The fourth-order valence-electron chi connectivity index (χ4n) is 2.88. The molecule has 1 fully saturated rings. The molecule has 0 bridgehead atoms. The van der Waals surface area contributed by atoms with Crippen molar-refractivity contribution in [3.63, 3.8) is 0 Å². The van der Waals surface area contributed by atoms with Crippen LogP contribution < -0.4 is 34.3 Å². The topological polar surface area (TPSA) is 86.3 Å². The molecule has 9 heteroatoms. The number of nitrogens with zero attached hydrogens (tertiary/aromatic N) is 2. The van der Waals surface area contributed by atoms with Gasteiger partial charge in [0.2, 0.25) is 0 Å². The van der Waals surface area contributed by atoms with Gasteiger partial charge in [-0.1, -0.05) is 12.1 Å². The molecule has 1 unspecified atom stereocenters. The van der Waals surface area contributed by atoms with Crippen molar-refractivity contribution in [2.24, 2.45) is 0 Å². The standard InChI is InChI=1S/C19H21N3O4S.Na.H/c1-13-16(12-27(23)19-21-14-5-2-3-6-15(14)22-19)20-8-7-17(13)26-11-18-24-9-4-10-25-18;;/h2-3,5-8,18H,4,9-12H2,1H3,(H,21,22);;/q;+1;-1. The molecular weight excluding hydrogens is 389 g/mol. The van der Waals surface area contributed by atoms with Gasteiger partial charge in [0.25, 0.3) is 0 Å². The van der Waals surface area contributed by atoms with E-state index in [1.54, 1.807) is 12.3 Å². The summed E-state index contributed by atoms with van der Waals surface area (Å²) >= 11 is 0. The van der Waals surface area contributed by atoms with E-state index in [0.717, 1.165) is 28.7 Å². The quantitative estimate of drug-likeness (QED) is 0.567. The Morgan fingerprint density at radius 1 is 1.29 bits per heavy atom. The SMILES string of the molecule is Cc1c(OCC2OCCCO2)ccnc1CS(=O)c1nc2ccccc2[nH]1.[H-].[Na+]. The minimum absolute atomic E-state index is 0. The van der Waals surface area contributed by atoms with E-state index in [0.29, 0.717) is 30.7 Å². The molecule has 4 rings (SSSR count). The Morgan fingerprint density at radius 2 is 2.07 bits per heavy atom. The fourth-order valence-corrected chi connectivity index (χ4v) is 3.98. The van der Waals surface area contributed by atoms with E-state index in [-0.39, 0.29) is 43.0 Å². The first-order chi connectivity index (χ1) is 13.2. The van der Waals surface area contributed by atoms with Gasteiger partial charge in [-0.3, -0.25) is 9.19 Å². The molecule has 0 saturated carbocycles. The Morgan fingerprint density at radius 3 is 2.86 bits per heavy atom. The van der Waals surface area contributed by atoms with Crippen LogP contribution >= 0.6 is 0 Å². The number of H-pyrrole nitrogens is 1. The number of rotatable bonds is 6. The van der Waals surface area contributed by atoms with Gasteiger partial charge in [-0.15, -0.1) is 0 Å². The Bertz CT molecular complexity index is 933. The van der Waals surface area contributed by atoms with Crippen LogP contribution in [-0.4, -0.2) is 45.3 Å². The van der Waals surface area contributed by atoms with Crippen molar-refractivity contribution in [2.45, 2.75) is 30.5 Å². The number of aromatic nitrogens is 3. The van der Waals surface area contributed by atoms with Gasteiger partial charge in [-0.2, -0.15) is 0 Å². The number of aromatic amines is 1. The minimum atomic E-state index is -1.33. The Labute approximate surface area is 189 Å². The molecule has 0 amide bonds. The summed E-state index contributed by atoms with van der Waals surface area (Å²) < 4.78 is 29.6. The molecule has 1 aliphatic heterocycles. The zero-order valence-corrected chi connectivity index (χ0v) is 18.8. The summed E-state index contributed by atoms with van der Waals surface area (Å²) in [7, 11) is -1.33. The van der Waals surface area contributed by atoms with Crippen LogP contribution in [0.5, 0.6) is 5.75 Å². The van der Waals surface area contributed by atoms with Crippen molar-refractivity contribution in [3.8, 4) is 5.75 Å². The van der Waals surface area contributed by atoms with Gasteiger partial charge in [0, 0.05) is 11.8 Å². The number of benzene rings is 1. The van der Waals surface area contributed by atoms with Crippen molar-refractivity contribution in [3.05, 3.63) is 47.8 Å². The molecule has 1 aromatic carbocycles. The fraction of sp³-hybridized carbons (Fsp3) is 0.368. The van der Waals surface area contributed by atoms with Crippen LogP contribution in [0.3, 0.4) is 0 Å². The average molecular weight is 411 g/mol. The number of hydrogen-bond acceptors (Lipinski definition) is 6. The first-order valence-corrected chi connectivity index (χ1v) is 10.2. The second-order valence-electron chi connectivity index (χ2n) is 6.27. The third kappa shape index (κ3) is 5.00. The normalized spacial score (nSPS) is 15.9. The monoisotopic (exact) mass is 411 g/mol. The zero-order chi connectivity index (χ0) is 18.6. The average Bonchev–Trinajstić information content (AvgIpc) is 3.14. The summed E-state index contributed by atoms with van der Waals surface area (Å²) in [6.07, 6.45) is 2.22. The number of ether oxygens (including phenoxy) is 3. The van der Waals surface area contributed by atoms with Crippen LogP contribution in [0, 0.1) is 6.92 Å². The second-order valence-corrected chi connectivity index (χ2v) is 7.63. The molecule has 0 spiro atoms. The molecule has 2 aromatic heterocycles. The molecule has 28 heavy (non-hydrogen) atoms. The summed E-state index contributed by atoms with van der Waals surface area (Å²) in [6.45, 7) is 3.60. The first kappa shape index (κ1) is 21.4. The number of imidazole rings is 1. The Balaban J connectivity index is 0.00000150. The van der Waals surface area contributed by atoms with E-state index in [4.69, 9.17) is 14.2 Å². The molecule has 0 radical (unpaired) electrons. The first-order valence-electron chi connectivity index (χ1n) is 8.84. The molecule has 7 nitrogen and oxygen atoms in total.